The van der Waals surface area contributed by atoms with Crippen molar-refractivity contribution in [3.63, 3.8) is 0 Å². The zero-order valence-electron chi connectivity index (χ0n) is 18.6. The minimum atomic E-state index is -1.00. The van der Waals surface area contributed by atoms with Crippen LogP contribution in [0.15, 0.2) is 48.5 Å². The van der Waals surface area contributed by atoms with Crippen LogP contribution in [0, 0.1) is 5.82 Å². The average molecular weight is 456 g/mol. The number of ether oxygens (including phenoxy) is 2. The Labute approximate surface area is 193 Å². The number of carbonyl (C=O) groups excluding carboxylic acids is 2. The number of halogens is 1. The monoisotopic (exact) mass is 455 g/mol. The quantitative estimate of drug-likeness (QED) is 0.744. The lowest BCUT2D eigenvalue weighted by Gasteiger charge is -2.41. The molecule has 2 N–H and O–H groups in total. The van der Waals surface area contributed by atoms with Gasteiger partial charge in [0.15, 0.2) is 5.60 Å². The van der Waals surface area contributed by atoms with Crippen LogP contribution in [0.4, 0.5) is 10.1 Å². The smallest absolute Gasteiger partial charge is 0.253 e. The van der Waals surface area contributed by atoms with Crippen LogP contribution >= 0.6 is 0 Å². The van der Waals surface area contributed by atoms with Crippen molar-refractivity contribution in [3.05, 3.63) is 59.9 Å². The first kappa shape index (κ1) is 23.2. The highest BCUT2D eigenvalue weighted by atomic mass is 19.1. The second-order valence-electron chi connectivity index (χ2n) is 8.53. The Bertz CT molecular complexity index is 986. The van der Waals surface area contributed by atoms with Crippen LogP contribution in [0.1, 0.15) is 24.8 Å². The Kier molecular flexibility index (Phi) is 7.57. The van der Waals surface area contributed by atoms with Gasteiger partial charge < -0.3 is 20.1 Å². The number of benzene rings is 2. The molecule has 4 rings (SSSR count). The van der Waals surface area contributed by atoms with E-state index in [0.29, 0.717) is 45.0 Å². The zero-order chi connectivity index (χ0) is 23.1. The van der Waals surface area contributed by atoms with E-state index in [0.717, 1.165) is 25.0 Å². The van der Waals surface area contributed by atoms with Crippen molar-refractivity contribution < 1.29 is 23.5 Å². The van der Waals surface area contributed by atoms with Crippen LogP contribution in [0.5, 0.6) is 5.75 Å². The number of nitrogens with one attached hydrogen (secondary N) is 2. The van der Waals surface area contributed by atoms with Crippen molar-refractivity contribution in [2.75, 3.05) is 44.7 Å². The van der Waals surface area contributed by atoms with E-state index in [4.69, 9.17) is 9.47 Å². The van der Waals surface area contributed by atoms with E-state index in [-0.39, 0.29) is 18.4 Å². The number of rotatable bonds is 3. The summed E-state index contributed by atoms with van der Waals surface area (Å²) in [6.45, 7) is 2.08. The van der Waals surface area contributed by atoms with Gasteiger partial charge in [0, 0.05) is 18.8 Å². The van der Waals surface area contributed by atoms with Crippen LogP contribution < -0.4 is 15.4 Å². The summed E-state index contributed by atoms with van der Waals surface area (Å²) in [7, 11) is 0. The maximum Gasteiger partial charge on any atom is 0.253 e. The summed E-state index contributed by atoms with van der Waals surface area (Å²) in [6.07, 6.45) is 3.15. The van der Waals surface area contributed by atoms with Crippen LogP contribution in [0.3, 0.4) is 0 Å². The first-order valence-electron chi connectivity index (χ1n) is 11.4. The van der Waals surface area contributed by atoms with Crippen LogP contribution in [-0.2, 0) is 20.7 Å². The highest BCUT2D eigenvalue weighted by Gasteiger charge is 2.43. The minimum absolute atomic E-state index is 0.103. The van der Waals surface area contributed by atoms with Crippen LogP contribution in [-0.4, -0.2) is 61.7 Å². The van der Waals surface area contributed by atoms with Crippen LogP contribution in [0.25, 0.3) is 0 Å². The fraction of sp³-hybridized carbons (Fsp3) is 0.440. The SMILES string of the molecule is O=C(CN1CCOC2(CCCCc3ccccc3OCCNC2=O)C1)Nc1cccc(F)c1. The fourth-order valence-corrected chi connectivity index (χ4v) is 4.43. The lowest BCUT2D eigenvalue weighted by atomic mass is 9.91. The topological polar surface area (TPSA) is 79.9 Å². The standard InChI is InChI=1S/C25H30FN3O4/c26-20-8-5-9-21(16-20)28-23(30)17-29-13-15-33-25(18-29)11-4-3-7-19-6-1-2-10-22(19)32-14-12-27-24(25)31/h1-2,5-6,8-10,16H,3-4,7,11-15,17-18H2,(H,27,31)(H,28,30). The molecule has 2 aliphatic rings. The summed E-state index contributed by atoms with van der Waals surface area (Å²) in [4.78, 5) is 27.6. The van der Waals surface area contributed by atoms with Crippen LogP contribution in [0.2, 0.25) is 0 Å². The maximum atomic E-state index is 13.4. The number of aryl methyl sites for hydroxylation is 1. The van der Waals surface area contributed by atoms with Gasteiger partial charge in [-0.15, -0.1) is 0 Å². The molecule has 0 aromatic heterocycles. The second-order valence-corrected chi connectivity index (χ2v) is 8.53. The Morgan fingerprint density at radius 3 is 2.91 bits per heavy atom. The molecule has 2 aliphatic heterocycles. The lowest BCUT2D eigenvalue weighted by molar-refractivity contribution is -0.163. The summed E-state index contributed by atoms with van der Waals surface area (Å²) < 4.78 is 25.3. The van der Waals surface area contributed by atoms with E-state index in [1.165, 1.54) is 17.7 Å². The van der Waals surface area contributed by atoms with Gasteiger partial charge in [-0.05, 0) is 55.5 Å². The molecule has 1 spiro atoms. The van der Waals surface area contributed by atoms with Gasteiger partial charge >= 0.3 is 0 Å². The molecule has 33 heavy (non-hydrogen) atoms. The van der Waals surface area contributed by atoms with Crippen molar-refractivity contribution in [1.29, 1.82) is 0 Å². The molecule has 1 atom stereocenters. The van der Waals surface area contributed by atoms with Gasteiger partial charge in [0.2, 0.25) is 5.91 Å². The first-order chi connectivity index (χ1) is 16.0. The number of hydrogen-bond acceptors (Lipinski definition) is 5. The lowest BCUT2D eigenvalue weighted by Crippen LogP contribution is -2.61. The van der Waals surface area contributed by atoms with Crippen molar-refractivity contribution in [3.8, 4) is 5.75 Å². The van der Waals surface area contributed by atoms with Crippen molar-refractivity contribution in [1.82, 2.24) is 10.2 Å². The number of morpholine rings is 1. The normalized spacial score (nSPS) is 22.3. The van der Waals surface area contributed by atoms with E-state index in [1.54, 1.807) is 12.1 Å². The first-order valence-corrected chi connectivity index (χ1v) is 11.4. The number of hydrogen-bond donors (Lipinski definition) is 2. The third-order valence-electron chi connectivity index (χ3n) is 6.05. The Morgan fingerprint density at radius 2 is 2.03 bits per heavy atom. The largest absolute Gasteiger partial charge is 0.491 e. The van der Waals surface area contributed by atoms with Gasteiger partial charge in [-0.1, -0.05) is 24.3 Å². The molecule has 2 heterocycles. The summed E-state index contributed by atoms with van der Waals surface area (Å²) in [6, 6.07) is 13.8. The molecule has 0 bridgehead atoms. The molecule has 1 saturated heterocycles. The van der Waals surface area contributed by atoms with Gasteiger partial charge in [-0.3, -0.25) is 14.5 Å². The molecule has 2 amide bonds. The highest BCUT2D eigenvalue weighted by Crippen LogP contribution is 2.27. The molecule has 7 nitrogen and oxygen atoms in total. The number of carbonyl (C=O) groups is 2. The van der Waals surface area contributed by atoms with E-state index < -0.39 is 11.4 Å². The molecule has 0 radical (unpaired) electrons. The maximum absolute atomic E-state index is 13.4. The molecule has 2 aromatic rings. The van der Waals surface area contributed by atoms with Gasteiger partial charge in [-0.25, -0.2) is 4.39 Å². The zero-order valence-corrected chi connectivity index (χ0v) is 18.6. The predicted molar refractivity (Wildman–Crippen MR) is 123 cm³/mol. The Balaban J connectivity index is 1.40. The van der Waals surface area contributed by atoms with Crippen molar-refractivity contribution in [2.24, 2.45) is 0 Å². The fourth-order valence-electron chi connectivity index (χ4n) is 4.43. The highest BCUT2D eigenvalue weighted by molar-refractivity contribution is 5.92. The molecular formula is C25H30FN3O4. The van der Waals surface area contributed by atoms with Crippen molar-refractivity contribution in [2.45, 2.75) is 31.3 Å². The van der Waals surface area contributed by atoms with E-state index >= 15 is 0 Å². The number of fused-ring (bicyclic) bond motifs is 1. The van der Waals surface area contributed by atoms with Gasteiger partial charge in [0.1, 0.15) is 18.2 Å². The third-order valence-corrected chi connectivity index (χ3v) is 6.05. The summed E-state index contributed by atoms with van der Waals surface area (Å²) in [5.74, 6) is 0.0347. The summed E-state index contributed by atoms with van der Waals surface area (Å²) in [5, 5.41) is 5.67. The molecule has 1 unspecified atom stereocenters. The van der Waals surface area contributed by atoms with E-state index in [9.17, 15) is 14.0 Å². The summed E-state index contributed by atoms with van der Waals surface area (Å²) in [5.41, 5.74) is 0.571. The number of amides is 2. The molecular weight excluding hydrogens is 425 g/mol. The molecule has 0 aliphatic carbocycles. The summed E-state index contributed by atoms with van der Waals surface area (Å²) >= 11 is 0. The molecule has 0 saturated carbocycles. The molecule has 1 fully saturated rings. The number of nitrogens with zero attached hydrogens (tertiary/aromatic N) is 1. The predicted octanol–water partition coefficient (Wildman–Crippen LogP) is 2.76. The molecule has 8 heteroatoms. The van der Waals surface area contributed by atoms with Gasteiger partial charge in [0.25, 0.3) is 5.91 Å². The van der Waals surface area contributed by atoms with Gasteiger partial charge in [-0.2, -0.15) is 0 Å². The average Bonchev–Trinajstić information content (AvgIpc) is 2.79. The number of anilines is 1. The van der Waals surface area contributed by atoms with Gasteiger partial charge in [0.05, 0.1) is 19.7 Å². The minimum Gasteiger partial charge on any atom is -0.491 e. The molecule has 176 valence electrons. The van der Waals surface area contributed by atoms with Crippen molar-refractivity contribution >= 4 is 17.5 Å². The Hall–Kier alpha value is -2.97. The third kappa shape index (κ3) is 6.09. The second kappa shape index (κ2) is 10.8. The number of para-hydroxylation sites is 1. The van der Waals surface area contributed by atoms with E-state index in [1.807, 2.05) is 23.1 Å². The molecule has 2 aromatic carbocycles. The van der Waals surface area contributed by atoms with E-state index in [2.05, 4.69) is 16.7 Å². The Morgan fingerprint density at radius 1 is 1.15 bits per heavy atom.